The standard InChI is InChI=1S/C22H20F3N3O2/c23-22(24,25)16-4-3-5-17(11-16)28-13-15(10-20(28)29)21(30)26-9-8-14-12-27-19-7-2-1-6-18(14)19/h1-7,11-12,15,27H,8-10,13H2,(H,26,30). The smallest absolute Gasteiger partial charge is 0.361 e. The zero-order chi connectivity index (χ0) is 21.3. The normalized spacial score (nSPS) is 17.0. The maximum Gasteiger partial charge on any atom is 0.416 e. The fourth-order valence-corrected chi connectivity index (χ4v) is 3.79. The Kier molecular flexibility index (Phi) is 5.24. The van der Waals surface area contributed by atoms with Crippen LogP contribution in [0.25, 0.3) is 10.9 Å². The third-order valence-corrected chi connectivity index (χ3v) is 5.35. The minimum Gasteiger partial charge on any atom is -0.361 e. The van der Waals surface area contributed by atoms with Gasteiger partial charge in [0.2, 0.25) is 11.8 Å². The predicted octanol–water partition coefficient (Wildman–Crippen LogP) is 3.90. The van der Waals surface area contributed by atoms with E-state index in [4.69, 9.17) is 0 Å². The van der Waals surface area contributed by atoms with Gasteiger partial charge in [-0.3, -0.25) is 9.59 Å². The van der Waals surface area contributed by atoms with E-state index in [1.807, 2.05) is 30.5 Å². The molecular formula is C22H20F3N3O2. The first-order valence-corrected chi connectivity index (χ1v) is 9.63. The molecule has 1 aromatic heterocycles. The molecular weight excluding hydrogens is 395 g/mol. The molecule has 1 saturated heterocycles. The third kappa shape index (κ3) is 4.03. The van der Waals surface area contributed by atoms with Gasteiger partial charge in [-0.2, -0.15) is 13.2 Å². The summed E-state index contributed by atoms with van der Waals surface area (Å²) in [7, 11) is 0. The van der Waals surface area contributed by atoms with E-state index >= 15 is 0 Å². The minimum absolute atomic E-state index is 0.0187. The second-order valence-corrected chi connectivity index (χ2v) is 7.35. The molecule has 1 unspecified atom stereocenters. The molecule has 156 valence electrons. The van der Waals surface area contributed by atoms with Crippen molar-refractivity contribution >= 4 is 28.4 Å². The highest BCUT2D eigenvalue weighted by Crippen LogP contribution is 2.33. The number of hydrogen-bond donors (Lipinski definition) is 2. The van der Waals surface area contributed by atoms with Gasteiger partial charge in [-0.05, 0) is 36.2 Å². The number of rotatable bonds is 5. The molecule has 0 spiro atoms. The van der Waals surface area contributed by atoms with E-state index in [0.717, 1.165) is 28.6 Å². The van der Waals surface area contributed by atoms with Gasteiger partial charge in [0.05, 0.1) is 11.5 Å². The number of carbonyl (C=O) groups is 2. The first-order chi connectivity index (χ1) is 14.3. The van der Waals surface area contributed by atoms with E-state index in [1.165, 1.54) is 17.0 Å². The van der Waals surface area contributed by atoms with Gasteiger partial charge in [-0.25, -0.2) is 0 Å². The Bertz CT molecular complexity index is 1090. The zero-order valence-electron chi connectivity index (χ0n) is 16.0. The van der Waals surface area contributed by atoms with Crippen molar-refractivity contribution in [1.29, 1.82) is 0 Å². The van der Waals surface area contributed by atoms with Gasteiger partial charge in [0.1, 0.15) is 0 Å². The van der Waals surface area contributed by atoms with E-state index in [-0.39, 0.29) is 30.5 Å². The molecule has 1 fully saturated rings. The third-order valence-electron chi connectivity index (χ3n) is 5.35. The lowest BCUT2D eigenvalue weighted by molar-refractivity contribution is -0.137. The molecule has 8 heteroatoms. The maximum absolute atomic E-state index is 12.9. The Labute approximate surface area is 170 Å². The minimum atomic E-state index is -4.49. The van der Waals surface area contributed by atoms with Crippen LogP contribution >= 0.6 is 0 Å². The number of alkyl halides is 3. The molecule has 1 aliphatic heterocycles. The lowest BCUT2D eigenvalue weighted by Crippen LogP contribution is -2.34. The number of hydrogen-bond acceptors (Lipinski definition) is 2. The number of carbonyl (C=O) groups excluding carboxylic acids is 2. The first kappa shape index (κ1) is 20.0. The van der Waals surface area contributed by atoms with Crippen LogP contribution in [-0.4, -0.2) is 29.9 Å². The molecule has 30 heavy (non-hydrogen) atoms. The molecule has 2 aromatic carbocycles. The van der Waals surface area contributed by atoms with E-state index < -0.39 is 17.7 Å². The number of amides is 2. The van der Waals surface area contributed by atoms with Gasteiger partial charge in [0.15, 0.2) is 0 Å². The number of para-hydroxylation sites is 1. The maximum atomic E-state index is 12.9. The highest BCUT2D eigenvalue weighted by Gasteiger charge is 2.36. The average Bonchev–Trinajstić information content (AvgIpc) is 3.31. The van der Waals surface area contributed by atoms with Crippen molar-refractivity contribution < 1.29 is 22.8 Å². The Balaban J connectivity index is 1.36. The van der Waals surface area contributed by atoms with Crippen molar-refractivity contribution in [2.75, 3.05) is 18.0 Å². The second kappa shape index (κ2) is 7.85. The Hall–Kier alpha value is -3.29. The van der Waals surface area contributed by atoms with Gasteiger partial charge in [0.25, 0.3) is 0 Å². The predicted molar refractivity (Wildman–Crippen MR) is 107 cm³/mol. The molecule has 0 aliphatic carbocycles. The van der Waals surface area contributed by atoms with Crippen LogP contribution < -0.4 is 10.2 Å². The van der Waals surface area contributed by atoms with Crippen molar-refractivity contribution in [1.82, 2.24) is 10.3 Å². The van der Waals surface area contributed by atoms with Crippen molar-refractivity contribution in [2.24, 2.45) is 5.92 Å². The highest BCUT2D eigenvalue weighted by molar-refractivity contribution is 6.00. The quantitative estimate of drug-likeness (QED) is 0.664. The largest absolute Gasteiger partial charge is 0.416 e. The molecule has 3 aromatic rings. The van der Waals surface area contributed by atoms with Crippen LogP contribution in [0.15, 0.2) is 54.7 Å². The van der Waals surface area contributed by atoms with Gasteiger partial charge in [-0.15, -0.1) is 0 Å². The molecule has 4 rings (SSSR count). The Morgan fingerprint density at radius 1 is 1.17 bits per heavy atom. The molecule has 0 radical (unpaired) electrons. The fourth-order valence-electron chi connectivity index (χ4n) is 3.79. The summed E-state index contributed by atoms with van der Waals surface area (Å²) >= 11 is 0. The van der Waals surface area contributed by atoms with E-state index in [0.29, 0.717) is 13.0 Å². The van der Waals surface area contributed by atoms with Gasteiger partial charge in [-0.1, -0.05) is 24.3 Å². The summed E-state index contributed by atoms with van der Waals surface area (Å²) in [6.45, 7) is 0.480. The fraction of sp³-hybridized carbons (Fsp3) is 0.273. The van der Waals surface area contributed by atoms with Crippen molar-refractivity contribution in [3.05, 3.63) is 65.9 Å². The number of nitrogens with zero attached hydrogens (tertiary/aromatic N) is 1. The zero-order valence-corrected chi connectivity index (χ0v) is 16.0. The van der Waals surface area contributed by atoms with Crippen LogP contribution in [-0.2, 0) is 22.2 Å². The van der Waals surface area contributed by atoms with Crippen LogP contribution in [0.3, 0.4) is 0 Å². The topological polar surface area (TPSA) is 65.2 Å². The van der Waals surface area contributed by atoms with Gasteiger partial charge >= 0.3 is 6.18 Å². The van der Waals surface area contributed by atoms with Crippen LogP contribution in [0.1, 0.15) is 17.5 Å². The molecule has 1 aliphatic rings. The number of halogens is 3. The molecule has 2 heterocycles. The number of nitrogens with one attached hydrogen (secondary N) is 2. The molecule has 0 bridgehead atoms. The Morgan fingerprint density at radius 2 is 1.97 bits per heavy atom. The van der Waals surface area contributed by atoms with Crippen molar-refractivity contribution in [3.8, 4) is 0 Å². The summed E-state index contributed by atoms with van der Waals surface area (Å²) in [5.41, 5.74) is 1.44. The summed E-state index contributed by atoms with van der Waals surface area (Å²) in [5, 5.41) is 3.94. The molecule has 2 amide bonds. The molecule has 1 atom stereocenters. The Morgan fingerprint density at radius 3 is 2.77 bits per heavy atom. The monoisotopic (exact) mass is 415 g/mol. The summed E-state index contributed by atoms with van der Waals surface area (Å²) in [6.07, 6.45) is -1.97. The van der Waals surface area contributed by atoms with E-state index in [1.54, 1.807) is 0 Å². The van der Waals surface area contributed by atoms with Crippen LogP contribution in [0.2, 0.25) is 0 Å². The van der Waals surface area contributed by atoms with Crippen LogP contribution in [0, 0.1) is 5.92 Å². The summed E-state index contributed by atoms with van der Waals surface area (Å²) < 4.78 is 38.8. The number of benzene rings is 2. The van der Waals surface area contributed by atoms with Crippen molar-refractivity contribution in [2.45, 2.75) is 19.0 Å². The van der Waals surface area contributed by atoms with Crippen LogP contribution in [0.5, 0.6) is 0 Å². The van der Waals surface area contributed by atoms with E-state index in [9.17, 15) is 22.8 Å². The highest BCUT2D eigenvalue weighted by atomic mass is 19.4. The second-order valence-electron chi connectivity index (χ2n) is 7.35. The first-order valence-electron chi connectivity index (χ1n) is 9.63. The van der Waals surface area contributed by atoms with E-state index in [2.05, 4.69) is 10.3 Å². The number of anilines is 1. The van der Waals surface area contributed by atoms with Crippen molar-refractivity contribution in [3.63, 3.8) is 0 Å². The molecule has 2 N–H and O–H groups in total. The van der Waals surface area contributed by atoms with Crippen LogP contribution in [0.4, 0.5) is 18.9 Å². The number of aromatic nitrogens is 1. The lowest BCUT2D eigenvalue weighted by Gasteiger charge is -2.18. The molecule has 5 nitrogen and oxygen atoms in total. The number of H-pyrrole nitrogens is 1. The number of fused-ring (bicyclic) bond motifs is 1. The SMILES string of the molecule is O=C(NCCc1c[nH]c2ccccc12)C1CC(=O)N(c2cccc(C(F)(F)F)c2)C1. The van der Waals surface area contributed by atoms with Gasteiger partial charge < -0.3 is 15.2 Å². The number of aromatic amines is 1. The summed E-state index contributed by atoms with van der Waals surface area (Å²) in [5.74, 6) is -1.21. The lowest BCUT2D eigenvalue weighted by atomic mass is 10.1. The molecule has 0 saturated carbocycles. The summed E-state index contributed by atoms with van der Waals surface area (Å²) in [4.78, 5) is 29.3. The summed E-state index contributed by atoms with van der Waals surface area (Å²) in [6, 6.07) is 12.5. The van der Waals surface area contributed by atoms with Gasteiger partial charge in [0, 0.05) is 42.3 Å². The average molecular weight is 415 g/mol.